The third-order valence-electron chi connectivity index (χ3n) is 4.13. The van der Waals surface area contributed by atoms with Crippen molar-refractivity contribution in [3.05, 3.63) is 53.3 Å². The van der Waals surface area contributed by atoms with Gasteiger partial charge in [-0.3, -0.25) is 4.68 Å². The number of hydrogen-bond donors (Lipinski definition) is 1. The number of rotatable bonds is 6. The van der Waals surface area contributed by atoms with Gasteiger partial charge in [0.25, 0.3) is 0 Å². The standard InChI is InChI=1S/C18H27N3/c1-14(19-12-16-13-21(5)20-15(16)2)11-18(3,4)17-9-7-6-8-10-17/h6-10,13-14,19H,11-12H2,1-5H3. The van der Waals surface area contributed by atoms with Gasteiger partial charge in [0.05, 0.1) is 5.69 Å². The first-order valence-corrected chi connectivity index (χ1v) is 7.66. The molecule has 2 rings (SSSR count). The molecule has 21 heavy (non-hydrogen) atoms. The first-order chi connectivity index (χ1) is 9.88. The predicted molar refractivity (Wildman–Crippen MR) is 88.3 cm³/mol. The molecular formula is C18H27N3. The molecule has 1 N–H and O–H groups in total. The first-order valence-electron chi connectivity index (χ1n) is 7.66. The summed E-state index contributed by atoms with van der Waals surface area (Å²) in [5.41, 5.74) is 3.97. The summed E-state index contributed by atoms with van der Waals surface area (Å²) in [4.78, 5) is 0. The number of benzene rings is 1. The average molecular weight is 285 g/mol. The third kappa shape index (κ3) is 4.18. The molecule has 0 aliphatic heterocycles. The summed E-state index contributed by atoms with van der Waals surface area (Å²) >= 11 is 0. The van der Waals surface area contributed by atoms with E-state index in [1.807, 2.05) is 11.7 Å². The monoisotopic (exact) mass is 285 g/mol. The van der Waals surface area contributed by atoms with Crippen molar-refractivity contribution in [1.82, 2.24) is 15.1 Å². The summed E-state index contributed by atoms with van der Waals surface area (Å²) in [7, 11) is 1.97. The van der Waals surface area contributed by atoms with Gasteiger partial charge in [-0.1, -0.05) is 44.2 Å². The smallest absolute Gasteiger partial charge is 0.0638 e. The van der Waals surface area contributed by atoms with Crippen LogP contribution >= 0.6 is 0 Å². The molecular weight excluding hydrogens is 258 g/mol. The molecule has 0 aliphatic carbocycles. The Hall–Kier alpha value is -1.61. The lowest BCUT2D eigenvalue weighted by Crippen LogP contribution is -2.33. The summed E-state index contributed by atoms with van der Waals surface area (Å²) in [5.74, 6) is 0. The van der Waals surface area contributed by atoms with Gasteiger partial charge in [0, 0.05) is 31.4 Å². The molecule has 0 bridgehead atoms. The van der Waals surface area contributed by atoms with Crippen LogP contribution in [-0.2, 0) is 19.0 Å². The molecule has 1 aromatic carbocycles. The van der Waals surface area contributed by atoms with E-state index < -0.39 is 0 Å². The summed E-state index contributed by atoms with van der Waals surface area (Å²) < 4.78 is 1.88. The number of aryl methyl sites for hydroxylation is 2. The van der Waals surface area contributed by atoms with Crippen LogP contribution in [-0.4, -0.2) is 15.8 Å². The van der Waals surface area contributed by atoms with Crippen molar-refractivity contribution in [2.45, 2.75) is 52.1 Å². The van der Waals surface area contributed by atoms with Crippen LogP contribution in [0.15, 0.2) is 36.5 Å². The van der Waals surface area contributed by atoms with Crippen LogP contribution in [0, 0.1) is 6.92 Å². The van der Waals surface area contributed by atoms with E-state index >= 15 is 0 Å². The average Bonchev–Trinajstić information content (AvgIpc) is 2.75. The van der Waals surface area contributed by atoms with Crippen molar-refractivity contribution in [1.29, 1.82) is 0 Å². The van der Waals surface area contributed by atoms with Gasteiger partial charge in [-0.15, -0.1) is 0 Å². The Bertz CT molecular complexity index is 569. The summed E-state index contributed by atoms with van der Waals surface area (Å²) in [6, 6.07) is 11.2. The molecule has 3 heteroatoms. The van der Waals surface area contributed by atoms with Crippen molar-refractivity contribution in [3.63, 3.8) is 0 Å². The minimum atomic E-state index is 0.178. The van der Waals surface area contributed by atoms with Crippen LogP contribution in [0.25, 0.3) is 0 Å². The molecule has 1 heterocycles. The van der Waals surface area contributed by atoms with Crippen LogP contribution in [0.1, 0.15) is 44.0 Å². The van der Waals surface area contributed by atoms with Crippen molar-refractivity contribution in [3.8, 4) is 0 Å². The zero-order chi connectivity index (χ0) is 15.5. The van der Waals surface area contributed by atoms with Crippen LogP contribution in [0.3, 0.4) is 0 Å². The van der Waals surface area contributed by atoms with E-state index in [2.05, 4.69) is 74.6 Å². The maximum Gasteiger partial charge on any atom is 0.0638 e. The fourth-order valence-corrected chi connectivity index (χ4v) is 2.95. The molecule has 1 aromatic heterocycles. The second kappa shape index (κ2) is 6.44. The topological polar surface area (TPSA) is 29.9 Å². The lowest BCUT2D eigenvalue weighted by molar-refractivity contribution is 0.388. The van der Waals surface area contributed by atoms with Gasteiger partial charge in [0.2, 0.25) is 0 Å². The highest BCUT2D eigenvalue weighted by Gasteiger charge is 2.23. The van der Waals surface area contributed by atoms with E-state index in [1.165, 1.54) is 11.1 Å². The zero-order valence-electron chi connectivity index (χ0n) is 13.9. The molecule has 2 aromatic rings. The third-order valence-corrected chi connectivity index (χ3v) is 4.13. The van der Waals surface area contributed by atoms with E-state index in [1.54, 1.807) is 0 Å². The number of nitrogens with one attached hydrogen (secondary N) is 1. The van der Waals surface area contributed by atoms with E-state index in [9.17, 15) is 0 Å². The van der Waals surface area contributed by atoms with Gasteiger partial charge in [0.1, 0.15) is 0 Å². The Morgan fingerprint density at radius 2 is 1.90 bits per heavy atom. The van der Waals surface area contributed by atoms with E-state index in [4.69, 9.17) is 0 Å². The highest BCUT2D eigenvalue weighted by atomic mass is 15.2. The lowest BCUT2D eigenvalue weighted by atomic mass is 9.79. The number of aromatic nitrogens is 2. The Kier molecular flexibility index (Phi) is 4.84. The highest BCUT2D eigenvalue weighted by Crippen LogP contribution is 2.28. The summed E-state index contributed by atoms with van der Waals surface area (Å²) in [6.45, 7) is 9.84. The largest absolute Gasteiger partial charge is 0.310 e. The van der Waals surface area contributed by atoms with Crippen molar-refractivity contribution >= 4 is 0 Å². The normalized spacial score (nSPS) is 13.4. The molecule has 1 atom stereocenters. The molecule has 0 saturated carbocycles. The van der Waals surface area contributed by atoms with Gasteiger partial charge in [0.15, 0.2) is 0 Å². The van der Waals surface area contributed by atoms with Gasteiger partial charge < -0.3 is 5.32 Å². The minimum Gasteiger partial charge on any atom is -0.310 e. The van der Waals surface area contributed by atoms with Crippen LogP contribution in [0.4, 0.5) is 0 Å². The van der Waals surface area contributed by atoms with Gasteiger partial charge in [-0.2, -0.15) is 5.10 Å². The predicted octanol–water partition coefficient (Wildman–Crippen LogP) is 3.57. The van der Waals surface area contributed by atoms with Crippen LogP contribution < -0.4 is 5.32 Å². The summed E-state index contributed by atoms with van der Waals surface area (Å²) in [6.07, 6.45) is 3.20. The molecule has 0 fully saturated rings. The Morgan fingerprint density at radius 3 is 2.48 bits per heavy atom. The van der Waals surface area contributed by atoms with E-state index in [0.29, 0.717) is 6.04 Å². The molecule has 0 spiro atoms. The highest BCUT2D eigenvalue weighted by molar-refractivity contribution is 5.23. The van der Waals surface area contributed by atoms with Gasteiger partial charge >= 0.3 is 0 Å². The molecule has 0 radical (unpaired) electrons. The molecule has 3 nitrogen and oxygen atoms in total. The first kappa shape index (κ1) is 15.8. The fraction of sp³-hybridized carbons (Fsp3) is 0.500. The second-order valence-corrected chi connectivity index (χ2v) is 6.65. The second-order valence-electron chi connectivity index (χ2n) is 6.65. The van der Waals surface area contributed by atoms with Crippen molar-refractivity contribution in [2.75, 3.05) is 0 Å². The Morgan fingerprint density at radius 1 is 1.24 bits per heavy atom. The van der Waals surface area contributed by atoms with E-state index in [0.717, 1.165) is 18.7 Å². The van der Waals surface area contributed by atoms with Crippen LogP contribution in [0.2, 0.25) is 0 Å². The number of hydrogen-bond acceptors (Lipinski definition) is 2. The van der Waals surface area contributed by atoms with Gasteiger partial charge in [-0.05, 0) is 31.2 Å². The molecule has 0 saturated heterocycles. The van der Waals surface area contributed by atoms with Crippen molar-refractivity contribution < 1.29 is 0 Å². The Balaban J connectivity index is 1.92. The quantitative estimate of drug-likeness (QED) is 0.879. The minimum absolute atomic E-state index is 0.178. The van der Waals surface area contributed by atoms with E-state index in [-0.39, 0.29) is 5.41 Å². The SMILES string of the molecule is Cc1nn(C)cc1CNC(C)CC(C)(C)c1ccccc1. The molecule has 1 unspecified atom stereocenters. The Labute approximate surface area is 128 Å². The molecule has 0 amide bonds. The van der Waals surface area contributed by atoms with Gasteiger partial charge in [-0.25, -0.2) is 0 Å². The number of nitrogens with zero attached hydrogens (tertiary/aromatic N) is 2. The maximum atomic E-state index is 4.39. The van der Waals surface area contributed by atoms with Crippen LogP contribution in [0.5, 0.6) is 0 Å². The van der Waals surface area contributed by atoms with Crippen molar-refractivity contribution in [2.24, 2.45) is 7.05 Å². The summed E-state index contributed by atoms with van der Waals surface area (Å²) in [5, 5.41) is 8.01. The zero-order valence-corrected chi connectivity index (χ0v) is 13.9. The maximum absolute atomic E-state index is 4.39. The fourth-order valence-electron chi connectivity index (χ4n) is 2.95. The lowest BCUT2D eigenvalue weighted by Gasteiger charge is -2.29. The molecule has 114 valence electrons. The molecule has 0 aliphatic rings.